The van der Waals surface area contributed by atoms with Gasteiger partial charge >= 0.3 is 0 Å². The summed E-state index contributed by atoms with van der Waals surface area (Å²) < 4.78 is 5.73. The number of amides is 1. The summed E-state index contributed by atoms with van der Waals surface area (Å²) in [4.78, 5) is 12.1. The van der Waals surface area contributed by atoms with Gasteiger partial charge in [-0.1, -0.05) is 37.3 Å². The van der Waals surface area contributed by atoms with E-state index < -0.39 is 0 Å². The minimum Gasteiger partial charge on any atom is -0.491 e. The average molecular weight is 282 g/mol. The fourth-order valence-corrected chi connectivity index (χ4v) is 2.43. The number of hydrogen-bond acceptors (Lipinski definition) is 3. The summed E-state index contributed by atoms with van der Waals surface area (Å²) in [6.45, 7) is 2.73. The molecule has 0 bridgehead atoms. The predicted molar refractivity (Wildman–Crippen MR) is 83.7 cm³/mol. The van der Waals surface area contributed by atoms with E-state index in [1.807, 2.05) is 48.5 Å². The van der Waals surface area contributed by atoms with Crippen molar-refractivity contribution in [3.05, 3.63) is 54.1 Å². The van der Waals surface area contributed by atoms with E-state index in [-0.39, 0.29) is 11.9 Å². The zero-order valence-electron chi connectivity index (χ0n) is 11.9. The summed E-state index contributed by atoms with van der Waals surface area (Å²) in [5.41, 5.74) is 2.67. The molecule has 1 atom stereocenters. The van der Waals surface area contributed by atoms with Crippen LogP contribution in [0.25, 0.3) is 0 Å². The molecule has 1 heterocycles. The largest absolute Gasteiger partial charge is 0.491 e. The van der Waals surface area contributed by atoms with Gasteiger partial charge in [-0.3, -0.25) is 4.79 Å². The number of hydrogen-bond donors (Lipinski definition) is 2. The highest BCUT2D eigenvalue weighted by Gasteiger charge is 2.30. The van der Waals surface area contributed by atoms with E-state index in [1.165, 1.54) is 0 Å². The number of carbonyl (C=O) groups is 1. The molecular formula is C17H18N2O2. The topological polar surface area (TPSA) is 50.4 Å². The Morgan fingerprint density at radius 1 is 1.14 bits per heavy atom. The molecule has 4 nitrogen and oxygen atoms in total. The highest BCUT2D eigenvalue weighted by atomic mass is 16.5. The van der Waals surface area contributed by atoms with Crippen LogP contribution in [0.4, 0.5) is 11.4 Å². The zero-order chi connectivity index (χ0) is 14.7. The van der Waals surface area contributed by atoms with Crippen LogP contribution in [-0.2, 0) is 4.79 Å². The van der Waals surface area contributed by atoms with Gasteiger partial charge in [-0.05, 0) is 24.6 Å². The fraction of sp³-hybridized carbons (Fsp3) is 0.235. The van der Waals surface area contributed by atoms with Gasteiger partial charge in [-0.25, -0.2) is 0 Å². The van der Waals surface area contributed by atoms with Crippen LogP contribution >= 0.6 is 0 Å². The van der Waals surface area contributed by atoms with E-state index in [9.17, 15) is 4.79 Å². The van der Waals surface area contributed by atoms with Crippen molar-refractivity contribution in [2.75, 3.05) is 17.2 Å². The summed E-state index contributed by atoms with van der Waals surface area (Å²) in [6, 6.07) is 15.0. The smallest absolute Gasteiger partial charge is 0.251 e. The molecule has 0 saturated carbocycles. The van der Waals surface area contributed by atoms with Crippen molar-refractivity contribution in [1.82, 2.24) is 0 Å². The van der Waals surface area contributed by atoms with Gasteiger partial charge in [-0.15, -0.1) is 0 Å². The Balaban J connectivity index is 1.86. The van der Waals surface area contributed by atoms with Gasteiger partial charge in [0.05, 0.1) is 12.3 Å². The Bertz CT molecular complexity index is 655. The van der Waals surface area contributed by atoms with Crippen LogP contribution < -0.4 is 15.4 Å². The Hall–Kier alpha value is -2.49. The first-order chi connectivity index (χ1) is 10.3. The van der Waals surface area contributed by atoms with Crippen molar-refractivity contribution in [2.24, 2.45) is 0 Å². The molecule has 0 aromatic heterocycles. The maximum atomic E-state index is 12.1. The van der Waals surface area contributed by atoms with Crippen molar-refractivity contribution in [1.29, 1.82) is 0 Å². The molecule has 1 amide bonds. The Kier molecular flexibility index (Phi) is 3.77. The van der Waals surface area contributed by atoms with Crippen LogP contribution in [0.2, 0.25) is 0 Å². The highest BCUT2D eigenvalue weighted by Crippen LogP contribution is 2.35. The van der Waals surface area contributed by atoms with Gasteiger partial charge in [0.15, 0.2) is 0 Å². The van der Waals surface area contributed by atoms with Crippen LogP contribution in [0.1, 0.15) is 24.9 Å². The molecule has 2 aromatic rings. The molecule has 0 saturated heterocycles. The van der Waals surface area contributed by atoms with Crippen LogP contribution in [0, 0.1) is 0 Å². The Morgan fingerprint density at radius 3 is 2.76 bits per heavy atom. The predicted octanol–water partition coefficient (Wildman–Crippen LogP) is 3.58. The lowest BCUT2D eigenvalue weighted by Gasteiger charge is -2.16. The van der Waals surface area contributed by atoms with E-state index in [2.05, 4.69) is 17.6 Å². The minimum absolute atomic E-state index is 0.0403. The van der Waals surface area contributed by atoms with E-state index in [0.29, 0.717) is 6.61 Å². The Labute approximate surface area is 124 Å². The van der Waals surface area contributed by atoms with E-state index in [4.69, 9.17) is 4.74 Å². The third kappa shape index (κ3) is 2.70. The summed E-state index contributed by atoms with van der Waals surface area (Å²) in [7, 11) is 0. The van der Waals surface area contributed by atoms with Crippen LogP contribution in [-0.4, -0.2) is 12.5 Å². The molecule has 1 aliphatic rings. The van der Waals surface area contributed by atoms with Crippen molar-refractivity contribution in [3.8, 4) is 5.75 Å². The fourth-order valence-electron chi connectivity index (χ4n) is 2.43. The molecule has 108 valence electrons. The monoisotopic (exact) mass is 282 g/mol. The van der Waals surface area contributed by atoms with Crippen molar-refractivity contribution < 1.29 is 9.53 Å². The number of para-hydroxylation sites is 3. The minimum atomic E-state index is -0.382. The molecule has 2 N–H and O–H groups in total. The number of carbonyl (C=O) groups excluding carboxylic acids is 1. The van der Waals surface area contributed by atoms with Crippen molar-refractivity contribution in [2.45, 2.75) is 19.4 Å². The number of rotatable bonds is 5. The molecule has 4 heteroatoms. The number of benzene rings is 2. The number of ether oxygens (including phenoxy) is 1. The van der Waals surface area contributed by atoms with Crippen molar-refractivity contribution in [3.63, 3.8) is 0 Å². The summed E-state index contributed by atoms with van der Waals surface area (Å²) in [6.07, 6.45) is 0.946. The molecule has 0 spiro atoms. The number of anilines is 2. The molecule has 0 fully saturated rings. The number of nitrogens with one attached hydrogen (secondary N) is 2. The van der Waals surface area contributed by atoms with Gasteiger partial charge in [0.25, 0.3) is 5.91 Å². The molecule has 1 aliphatic heterocycles. The summed E-state index contributed by atoms with van der Waals surface area (Å²) in [5.74, 6) is 0.734. The Morgan fingerprint density at radius 2 is 1.90 bits per heavy atom. The SMILES string of the molecule is CCCOc1ccccc1NC1C(=O)Nc2ccccc21. The normalized spacial score (nSPS) is 16.2. The van der Waals surface area contributed by atoms with Gasteiger partial charge in [0, 0.05) is 11.3 Å². The van der Waals surface area contributed by atoms with Crippen LogP contribution in [0.5, 0.6) is 5.75 Å². The summed E-state index contributed by atoms with van der Waals surface area (Å²) >= 11 is 0. The molecule has 0 radical (unpaired) electrons. The maximum absolute atomic E-state index is 12.1. The molecule has 1 unspecified atom stereocenters. The highest BCUT2D eigenvalue weighted by molar-refractivity contribution is 6.04. The van der Waals surface area contributed by atoms with Crippen LogP contribution in [0.3, 0.4) is 0 Å². The molecule has 3 rings (SSSR count). The first-order valence-electron chi connectivity index (χ1n) is 7.17. The standard InChI is InChI=1S/C17H18N2O2/c1-2-11-21-15-10-6-5-9-14(15)18-16-12-7-3-4-8-13(12)19-17(16)20/h3-10,16,18H,2,11H2,1H3,(H,19,20). The second-order valence-electron chi connectivity index (χ2n) is 5.00. The van der Waals surface area contributed by atoms with Crippen LogP contribution in [0.15, 0.2) is 48.5 Å². The third-order valence-electron chi connectivity index (χ3n) is 3.44. The van der Waals surface area contributed by atoms with E-state index in [1.54, 1.807) is 0 Å². The first-order valence-corrected chi connectivity index (χ1v) is 7.17. The maximum Gasteiger partial charge on any atom is 0.251 e. The lowest BCUT2D eigenvalue weighted by molar-refractivity contribution is -0.116. The third-order valence-corrected chi connectivity index (χ3v) is 3.44. The quantitative estimate of drug-likeness (QED) is 0.881. The molecule has 2 aromatic carbocycles. The van der Waals surface area contributed by atoms with E-state index in [0.717, 1.165) is 29.1 Å². The molecule has 0 aliphatic carbocycles. The zero-order valence-corrected chi connectivity index (χ0v) is 11.9. The van der Waals surface area contributed by atoms with Crippen molar-refractivity contribution >= 4 is 17.3 Å². The van der Waals surface area contributed by atoms with E-state index >= 15 is 0 Å². The second kappa shape index (κ2) is 5.87. The van der Waals surface area contributed by atoms with Gasteiger partial charge in [0.1, 0.15) is 11.8 Å². The number of fused-ring (bicyclic) bond motifs is 1. The second-order valence-corrected chi connectivity index (χ2v) is 5.00. The molecular weight excluding hydrogens is 264 g/mol. The van der Waals surface area contributed by atoms with Gasteiger partial charge < -0.3 is 15.4 Å². The van der Waals surface area contributed by atoms with Gasteiger partial charge in [0.2, 0.25) is 0 Å². The first kappa shape index (κ1) is 13.5. The average Bonchev–Trinajstić information content (AvgIpc) is 2.82. The lowest BCUT2D eigenvalue weighted by Crippen LogP contribution is -2.20. The lowest BCUT2D eigenvalue weighted by atomic mass is 10.1. The summed E-state index contributed by atoms with van der Waals surface area (Å²) in [5, 5.41) is 6.18. The van der Waals surface area contributed by atoms with Gasteiger partial charge in [-0.2, -0.15) is 0 Å². The molecule has 21 heavy (non-hydrogen) atoms.